The number of benzene rings is 2. The summed E-state index contributed by atoms with van der Waals surface area (Å²) in [6, 6.07) is 14.3. The molecule has 0 spiro atoms. The third kappa shape index (κ3) is 2.04. The first-order valence-electron chi connectivity index (χ1n) is 6.92. The fourth-order valence-corrected chi connectivity index (χ4v) is 2.95. The van der Waals surface area contributed by atoms with Crippen molar-refractivity contribution in [2.24, 2.45) is 0 Å². The molecule has 20 heavy (non-hydrogen) atoms. The number of rotatable bonds is 3. The number of nitrogens with zero attached hydrogens (tertiary/aromatic N) is 1. The van der Waals surface area contributed by atoms with Gasteiger partial charge in [-0.25, -0.2) is 0 Å². The average molecular weight is 269 g/mol. The molecule has 0 saturated heterocycles. The minimum atomic E-state index is -0.561. The lowest BCUT2D eigenvalue weighted by atomic mass is 10.1. The Morgan fingerprint density at radius 3 is 2.60 bits per heavy atom. The lowest BCUT2D eigenvalue weighted by Crippen LogP contribution is -2.16. The molecule has 1 aliphatic heterocycles. The van der Waals surface area contributed by atoms with Crippen LogP contribution in [0.3, 0.4) is 0 Å². The van der Waals surface area contributed by atoms with Crippen molar-refractivity contribution in [3.8, 4) is 5.75 Å². The highest BCUT2D eigenvalue weighted by atomic mass is 16.5. The first-order valence-corrected chi connectivity index (χ1v) is 6.92. The van der Waals surface area contributed by atoms with E-state index in [1.807, 2.05) is 18.2 Å². The van der Waals surface area contributed by atoms with Gasteiger partial charge >= 0.3 is 0 Å². The summed E-state index contributed by atoms with van der Waals surface area (Å²) in [6.45, 7) is 2.72. The summed E-state index contributed by atoms with van der Waals surface area (Å²) in [5, 5.41) is 10.1. The van der Waals surface area contributed by atoms with Crippen molar-refractivity contribution in [2.45, 2.75) is 19.4 Å². The SMILES string of the molecule is COc1cccc(N2CCc3ccccc32)c1[C@H](C)O. The smallest absolute Gasteiger partial charge is 0.126 e. The topological polar surface area (TPSA) is 32.7 Å². The molecule has 104 valence electrons. The van der Waals surface area contributed by atoms with Crippen LogP contribution >= 0.6 is 0 Å². The molecule has 0 bridgehead atoms. The maximum Gasteiger partial charge on any atom is 0.126 e. The molecule has 3 nitrogen and oxygen atoms in total. The number of aliphatic hydroxyl groups excluding tert-OH is 1. The molecule has 0 amide bonds. The quantitative estimate of drug-likeness (QED) is 0.926. The van der Waals surface area contributed by atoms with E-state index in [9.17, 15) is 5.11 Å². The van der Waals surface area contributed by atoms with Crippen LogP contribution in [0.4, 0.5) is 11.4 Å². The summed E-state index contributed by atoms with van der Waals surface area (Å²) in [5.41, 5.74) is 4.46. The normalized spacial score (nSPS) is 15.1. The number of hydrogen-bond donors (Lipinski definition) is 1. The van der Waals surface area contributed by atoms with E-state index < -0.39 is 6.10 Å². The summed E-state index contributed by atoms with van der Waals surface area (Å²) in [4.78, 5) is 2.26. The highest BCUT2D eigenvalue weighted by Gasteiger charge is 2.24. The second-order valence-corrected chi connectivity index (χ2v) is 5.10. The molecule has 1 aliphatic rings. The van der Waals surface area contributed by atoms with Crippen molar-refractivity contribution in [3.63, 3.8) is 0 Å². The lowest BCUT2D eigenvalue weighted by molar-refractivity contribution is 0.195. The van der Waals surface area contributed by atoms with Gasteiger partial charge in [0.15, 0.2) is 0 Å². The number of methoxy groups -OCH3 is 1. The summed E-state index contributed by atoms with van der Waals surface area (Å²) >= 11 is 0. The molecule has 0 saturated carbocycles. The van der Waals surface area contributed by atoms with Crippen LogP contribution in [-0.4, -0.2) is 18.8 Å². The van der Waals surface area contributed by atoms with Gasteiger partial charge in [0.1, 0.15) is 5.75 Å². The third-order valence-electron chi connectivity index (χ3n) is 3.86. The first-order chi connectivity index (χ1) is 9.72. The van der Waals surface area contributed by atoms with Gasteiger partial charge in [-0.05, 0) is 37.1 Å². The molecular weight excluding hydrogens is 250 g/mol. The highest BCUT2D eigenvalue weighted by molar-refractivity contribution is 5.74. The lowest BCUT2D eigenvalue weighted by Gasteiger charge is -2.25. The fraction of sp³-hybridized carbons (Fsp3) is 0.294. The van der Waals surface area contributed by atoms with Gasteiger partial charge in [0, 0.05) is 17.8 Å². The Balaban J connectivity index is 2.12. The molecule has 0 radical (unpaired) electrons. The van der Waals surface area contributed by atoms with E-state index in [1.165, 1.54) is 11.3 Å². The number of aliphatic hydroxyl groups is 1. The van der Waals surface area contributed by atoms with E-state index in [1.54, 1.807) is 14.0 Å². The summed E-state index contributed by atoms with van der Waals surface area (Å²) < 4.78 is 5.41. The van der Waals surface area contributed by atoms with Crippen molar-refractivity contribution in [1.82, 2.24) is 0 Å². The fourth-order valence-electron chi connectivity index (χ4n) is 2.95. The highest BCUT2D eigenvalue weighted by Crippen LogP contribution is 2.41. The van der Waals surface area contributed by atoms with Gasteiger partial charge in [-0.1, -0.05) is 24.3 Å². The van der Waals surface area contributed by atoms with E-state index in [0.29, 0.717) is 0 Å². The van der Waals surface area contributed by atoms with Gasteiger partial charge in [0.2, 0.25) is 0 Å². The van der Waals surface area contributed by atoms with E-state index >= 15 is 0 Å². The zero-order valence-electron chi connectivity index (χ0n) is 11.8. The van der Waals surface area contributed by atoms with Crippen molar-refractivity contribution in [1.29, 1.82) is 0 Å². The van der Waals surface area contributed by atoms with Crippen LogP contribution in [0.15, 0.2) is 42.5 Å². The molecular formula is C17H19NO2. The predicted molar refractivity (Wildman–Crippen MR) is 80.8 cm³/mol. The molecule has 3 rings (SSSR count). The van der Waals surface area contributed by atoms with E-state index in [0.717, 1.165) is 30.0 Å². The largest absolute Gasteiger partial charge is 0.496 e. The number of para-hydroxylation sites is 1. The van der Waals surface area contributed by atoms with Crippen LogP contribution in [0.1, 0.15) is 24.2 Å². The van der Waals surface area contributed by atoms with E-state index in [-0.39, 0.29) is 0 Å². The average Bonchev–Trinajstić information content (AvgIpc) is 2.90. The molecule has 0 fully saturated rings. The maximum absolute atomic E-state index is 10.1. The van der Waals surface area contributed by atoms with E-state index in [4.69, 9.17) is 4.74 Å². The van der Waals surface area contributed by atoms with Crippen LogP contribution < -0.4 is 9.64 Å². The van der Waals surface area contributed by atoms with Crippen molar-refractivity contribution in [3.05, 3.63) is 53.6 Å². The predicted octanol–water partition coefficient (Wildman–Crippen LogP) is 3.44. The second kappa shape index (κ2) is 5.17. The van der Waals surface area contributed by atoms with Crippen molar-refractivity contribution < 1.29 is 9.84 Å². The summed E-state index contributed by atoms with van der Waals surface area (Å²) in [6.07, 6.45) is 0.473. The third-order valence-corrected chi connectivity index (χ3v) is 3.86. The number of ether oxygens (including phenoxy) is 1. The Bertz CT molecular complexity index is 622. The zero-order valence-corrected chi connectivity index (χ0v) is 11.8. The van der Waals surface area contributed by atoms with Gasteiger partial charge in [-0.2, -0.15) is 0 Å². The Labute approximate surface area is 119 Å². The minimum Gasteiger partial charge on any atom is -0.496 e. The molecule has 1 atom stereocenters. The Hall–Kier alpha value is -2.00. The van der Waals surface area contributed by atoms with Gasteiger partial charge < -0.3 is 14.7 Å². The second-order valence-electron chi connectivity index (χ2n) is 5.10. The van der Waals surface area contributed by atoms with E-state index in [2.05, 4.69) is 29.2 Å². The molecule has 3 heteroatoms. The molecule has 2 aromatic rings. The van der Waals surface area contributed by atoms with Crippen LogP contribution in [0.2, 0.25) is 0 Å². The van der Waals surface area contributed by atoms with Crippen molar-refractivity contribution in [2.75, 3.05) is 18.6 Å². The van der Waals surface area contributed by atoms with Crippen molar-refractivity contribution >= 4 is 11.4 Å². The van der Waals surface area contributed by atoms with Crippen LogP contribution in [-0.2, 0) is 6.42 Å². The number of anilines is 2. The minimum absolute atomic E-state index is 0.561. The Morgan fingerprint density at radius 1 is 1.10 bits per heavy atom. The first kappa shape index (κ1) is 13.0. The van der Waals surface area contributed by atoms with Gasteiger partial charge in [0.25, 0.3) is 0 Å². The standard InChI is InChI=1S/C17H19NO2/c1-12(19)17-15(8-5-9-16(17)20-2)18-11-10-13-6-3-4-7-14(13)18/h3-9,12,19H,10-11H2,1-2H3/t12-/m0/s1. The van der Waals surface area contributed by atoms with Crippen LogP contribution in [0, 0.1) is 0 Å². The van der Waals surface area contributed by atoms with Gasteiger partial charge in [-0.3, -0.25) is 0 Å². The molecule has 1 N–H and O–H groups in total. The molecule has 1 heterocycles. The molecule has 0 unspecified atom stereocenters. The summed E-state index contributed by atoms with van der Waals surface area (Å²) in [5.74, 6) is 0.738. The zero-order chi connectivity index (χ0) is 14.1. The van der Waals surface area contributed by atoms with Gasteiger partial charge in [0.05, 0.1) is 18.9 Å². The molecule has 0 aliphatic carbocycles. The summed E-state index contributed by atoms with van der Waals surface area (Å²) in [7, 11) is 1.64. The number of hydrogen-bond acceptors (Lipinski definition) is 3. The maximum atomic E-state index is 10.1. The Morgan fingerprint density at radius 2 is 1.85 bits per heavy atom. The van der Waals surface area contributed by atoms with Gasteiger partial charge in [-0.15, -0.1) is 0 Å². The Kier molecular flexibility index (Phi) is 3.36. The molecule has 2 aromatic carbocycles. The molecule has 0 aromatic heterocycles. The van der Waals surface area contributed by atoms with Crippen LogP contribution in [0.5, 0.6) is 5.75 Å². The monoisotopic (exact) mass is 269 g/mol. The number of fused-ring (bicyclic) bond motifs is 1. The van der Waals surface area contributed by atoms with Crippen LogP contribution in [0.25, 0.3) is 0 Å².